The fourth-order valence-electron chi connectivity index (χ4n) is 0.678. The van der Waals surface area contributed by atoms with E-state index in [4.69, 9.17) is 17.0 Å². The first kappa shape index (κ1) is 23.7. The summed E-state index contributed by atoms with van der Waals surface area (Å²) in [7, 11) is 3.99. The minimum Gasteiger partial charge on any atom is -0.412 e. The molecule has 0 radical (unpaired) electrons. The Morgan fingerprint density at radius 3 is 1.93 bits per heavy atom. The van der Waals surface area contributed by atoms with E-state index in [9.17, 15) is 0 Å². The Kier molecular flexibility index (Phi) is 22.2. The van der Waals surface area contributed by atoms with Crippen molar-refractivity contribution in [3.8, 4) is 0 Å². The first-order chi connectivity index (χ1) is 5.04. The summed E-state index contributed by atoms with van der Waals surface area (Å²) in [6, 6.07) is 0. The number of rotatable bonds is 4. The lowest BCUT2D eigenvalue weighted by atomic mass is 10.4. The first-order valence-corrected chi connectivity index (χ1v) is 3.55. The van der Waals surface area contributed by atoms with Gasteiger partial charge in [0.15, 0.2) is 0 Å². The SMILES string of the molecule is Br.Br.CN(C)CCCN(N)C(=N)N.O. The number of hydrogen-bond acceptors (Lipinski definition) is 3. The number of nitrogens with one attached hydrogen (secondary N) is 1. The van der Waals surface area contributed by atoms with Crippen LogP contribution in [0.25, 0.3) is 0 Å². The van der Waals surface area contributed by atoms with Gasteiger partial charge in [0.1, 0.15) is 0 Å². The van der Waals surface area contributed by atoms with E-state index >= 15 is 0 Å². The zero-order valence-electron chi connectivity index (χ0n) is 8.49. The quantitative estimate of drug-likeness (QED) is 0.273. The summed E-state index contributed by atoms with van der Waals surface area (Å²) in [5, 5.41) is 8.19. The lowest BCUT2D eigenvalue weighted by Crippen LogP contribution is -2.43. The lowest BCUT2D eigenvalue weighted by molar-refractivity contribution is 0.350. The number of hydrogen-bond donors (Lipinski definition) is 3. The zero-order chi connectivity index (χ0) is 8.85. The van der Waals surface area contributed by atoms with Gasteiger partial charge in [-0.05, 0) is 27.1 Å². The number of hydrazine groups is 1. The van der Waals surface area contributed by atoms with Gasteiger partial charge < -0.3 is 16.1 Å². The number of nitrogens with zero attached hydrogens (tertiary/aromatic N) is 2. The Bertz CT molecular complexity index is 135. The summed E-state index contributed by atoms with van der Waals surface area (Å²) in [5.41, 5.74) is 5.12. The van der Waals surface area contributed by atoms with Crippen molar-refractivity contribution in [3.63, 3.8) is 0 Å². The molecular weight excluding hydrogens is 318 g/mol. The fourth-order valence-corrected chi connectivity index (χ4v) is 0.678. The Labute approximate surface area is 106 Å². The molecule has 0 aliphatic rings. The molecule has 0 spiro atoms. The van der Waals surface area contributed by atoms with Crippen molar-refractivity contribution in [3.05, 3.63) is 0 Å². The Hall–Kier alpha value is 0.110. The molecule has 14 heavy (non-hydrogen) atoms. The molecule has 0 heterocycles. The maximum absolute atomic E-state index is 6.95. The second-order valence-electron chi connectivity index (χ2n) is 2.74. The molecule has 7 N–H and O–H groups in total. The van der Waals surface area contributed by atoms with E-state index in [-0.39, 0.29) is 45.4 Å². The predicted octanol–water partition coefficient (Wildman–Crippen LogP) is -0.662. The molecule has 0 rings (SSSR count). The maximum atomic E-state index is 6.95. The van der Waals surface area contributed by atoms with E-state index in [0.717, 1.165) is 13.0 Å². The van der Waals surface area contributed by atoms with Gasteiger partial charge in [-0.15, -0.1) is 34.0 Å². The van der Waals surface area contributed by atoms with Crippen LogP contribution in [0.4, 0.5) is 0 Å². The van der Waals surface area contributed by atoms with E-state index in [2.05, 4.69) is 4.90 Å². The summed E-state index contributed by atoms with van der Waals surface area (Å²) in [4.78, 5) is 2.06. The molecule has 0 amide bonds. The molecule has 0 atom stereocenters. The van der Waals surface area contributed by atoms with Crippen LogP contribution in [0.5, 0.6) is 0 Å². The number of guanidine groups is 1. The number of nitrogens with two attached hydrogens (primary N) is 2. The normalized spacial score (nSPS) is 8.00. The van der Waals surface area contributed by atoms with Crippen molar-refractivity contribution in [2.75, 3.05) is 27.2 Å². The third kappa shape index (κ3) is 14.6. The third-order valence-electron chi connectivity index (χ3n) is 1.31. The van der Waals surface area contributed by atoms with Gasteiger partial charge in [0.2, 0.25) is 5.96 Å². The minimum absolute atomic E-state index is 0. The van der Waals surface area contributed by atoms with E-state index in [0.29, 0.717) is 6.54 Å². The van der Waals surface area contributed by atoms with E-state index < -0.39 is 0 Å². The molecule has 0 saturated heterocycles. The molecule has 0 aromatic carbocycles. The van der Waals surface area contributed by atoms with Crippen molar-refractivity contribution < 1.29 is 5.48 Å². The smallest absolute Gasteiger partial charge is 0.202 e. The molecule has 90 valence electrons. The van der Waals surface area contributed by atoms with Gasteiger partial charge in [-0.3, -0.25) is 10.4 Å². The van der Waals surface area contributed by atoms with Crippen molar-refractivity contribution in [2.45, 2.75) is 6.42 Å². The van der Waals surface area contributed by atoms with Crippen LogP contribution in [-0.2, 0) is 0 Å². The fraction of sp³-hybridized carbons (Fsp3) is 0.833. The van der Waals surface area contributed by atoms with Gasteiger partial charge in [-0.2, -0.15) is 0 Å². The van der Waals surface area contributed by atoms with Gasteiger partial charge in [0, 0.05) is 6.54 Å². The molecular formula is C6H21Br2N5O. The highest BCUT2D eigenvalue weighted by molar-refractivity contribution is 8.93. The van der Waals surface area contributed by atoms with Gasteiger partial charge in [-0.25, -0.2) is 5.84 Å². The topological polar surface area (TPSA) is 114 Å². The van der Waals surface area contributed by atoms with Gasteiger partial charge >= 0.3 is 0 Å². The summed E-state index contributed by atoms with van der Waals surface area (Å²) in [6.07, 6.45) is 0.920. The Morgan fingerprint density at radius 2 is 1.64 bits per heavy atom. The molecule has 0 aromatic heterocycles. The van der Waals surface area contributed by atoms with E-state index in [1.807, 2.05) is 14.1 Å². The van der Waals surface area contributed by atoms with Crippen LogP contribution in [0.3, 0.4) is 0 Å². The average Bonchev–Trinajstić information content (AvgIpc) is 1.86. The number of halogens is 2. The van der Waals surface area contributed by atoms with Crippen molar-refractivity contribution in [1.29, 1.82) is 5.41 Å². The van der Waals surface area contributed by atoms with E-state index in [1.54, 1.807) is 0 Å². The standard InChI is InChI=1S/C6H17N5.2BrH.H2O/c1-10(2)4-3-5-11(9)6(7)8;;;/h3-5,9H2,1-2H3,(H3,7,8);2*1H;1H2. The molecule has 0 unspecified atom stereocenters. The van der Waals surface area contributed by atoms with Crippen LogP contribution in [0.1, 0.15) is 6.42 Å². The second kappa shape index (κ2) is 13.1. The highest BCUT2D eigenvalue weighted by Crippen LogP contribution is 1.85. The molecule has 8 heteroatoms. The van der Waals surface area contributed by atoms with Crippen LogP contribution < -0.4 is 11.6 Å². The largest absolute Gasteiger partial charge is 0.412 e. The Balaban J connectivity index is -0.000000167. The second-order valence-corrected chi connectivity index (χ2v) is 2.74. The van der Waals surface area contributed by atoms with Crippen LogP contribution in [0.15, 0.2) is 0 Å². The molecule has 0 aliphatic heterocycles. The van der Waals surface area contributed by atoms with Crippen molar-refractivity contribution in [1.82, 2.24) is 9.91 Å². The highest BCUT2D eigenvalue weighted by atomic mass is 79.9. The maximum Gasteiger partial charge on any atom is 0.202 e. The van der Waals surface area contributed by atoms with Gasteiger partial charge in [0.05, 0.1) is 0 Å². The van der Waals surface area contributed by atoms with Gasteiger partial charge in [-0.1, -0.05) is 0 Å². The molecule has 0 saturated carbocycles. The summed E-state index contributed by atoms with van der Waals surface area (Å²) in [6.45, 7) is 1.59. The molecule has 0 aliphatic carbocycles. The van der Waals surface area contributed by atoms with Crippen molar-refractivity contribution >= 4 is 39.9 Å². The highest BCUT2D eigenvalue weighted by Gasteiger charge is 1.98. The van der Waals surface area contributed by atoms with Crippen LogP contribution >= 0.6 is 34.0 Å². The minimum atomic E-state index is -0.0799. The van der Waals surface area contributed by atoms with Gasteiger partial charge in [0.25, 0.3) is 0 Å². The van der Waals surface area contributed by atoms with Crippen LogP contribution in [0.2, 0.25) is 0 Å². The first-order valence-electron chi connectivity index (χ1n) is 3.55. The van der Waals surface area contributed by atoms with Crippen LogP contribution in [0, 0.1) is 5.41 Å². The van der Waals surface area contributed by atoms with E-state index in [1.165, 1.54) is 5.01 Å². The molecule has 6 nitrogen and oxygen atoms in total. The van der Waals surface area contributed by atoms with Crippen molar-refractivity contribution in [2.24, 2.45) is 11.6 Å². The lowest BCUT2D eigenvalue weighted by Gasteiger charge is -2.17. The third-order valence-corrected chi connectivity index (χ3v) is 1.31. The summed E-state index contributed by atoms with van der Waals surface area (Å²) >= 11 is 0. The monoisotopic (exact) mass is 337 g/mol. The zero-order valence-corrected chi connectivity index (χ0v) is 11.9. The molecule has 0 fully saturated rings. The Morgan fingerprint density at radius 1 is 1.21 bits per heavy atom. The molecule has 0 aromatic rings. The van der Waals surface area contributed by atoms with Crippen LogP contribution in [-0.4, -0.2) is 48.5 Å². The summed E-state index contributed by atoms with van der Waals surface area (Å²) < 4.78 is 0. The summed E-state index contributed by atoms with van der Waals surface area (Å²) in [5.74, 6) is 5.29. The average molecular weight is 339 g/mol. The predicted molar refractivity (Wildman–Crippen MR) is 70.2 cm³/mol. The molecule has 0 bridgehead atoms.